The number of hydrogen-bond donors (Lipinski definition) is 3. The Hall–Kier alpha value is -2.77. The maximum Gasteiger partial charge on any atom is 0.489 e. The van der Waals surface area contributed by atoms with Crippen LogP contribution in [0.2, 0.25) is 0 Å². The maximum absolute atomic E-state index is 13.0. The predicted octanol–water partition coefficient (Wildman–Crippen LogP) is -0.474. The van der Waals surface area contributed by atoms with Gasteiger partial charge in [0.1, 0.15) is 5.75 Å². The van der Waals surface area contributed by atoms with E-state index in [2.05, 4.69) is 5.32 Å². The van der Waals surface area contributed by atoms with Crippen molar-refractivity contribution in [1.29, 1.82) is 0 Å². The summed E-state index contributed by atoms with van der Waals surface area (Å²) in [6.07, 6.45) is 0.407. The highest BCUT2D eigenvalue weighted by atomic mass is 32.2. The van der Waals surface area contributed by atoms with Crippen molar-refractivity contribution in [3.8, 4) is 5.75 Å². The molecule has 0 atom stereocenters. The van der Waals surface area contributed by atoms with Gasteiger partial charge in [-0.1, -0.05) is 18.2 Å². The number of nitrogens with zero attached hydrogens (tertiary/aromatic N) is 1. The minimum absolute atomic E-state index is 0.0141. The molecule has 10 nitrogen and oxygen atoms in total. The molecule has 1 amide bonds. The Kier molecular flexibility index (Phi) is 7.64. The smallest absolute Gasteiger partial charge is 0.483 e. The summed E-state index contributed by atoms with van der Waals surface area (Å²) in [5, 5.41) is 21.3. The SMILES string of the molecule is Cc1ccc(NC(=O)COc2cccc(B(O)O)c2C=O)cc1S(=O)(=O)N1CCOCC1. The molecular formula is C20H23BN2O8S. The summed E-state index contributed by atoms with van der Waals surface area (Å²) in [6, 6.07) is 8.78. The molecule has 0 unspecified atom stereocenters. The molecule has 1 fully saturated rings. The first-order valence-electron chi connectivity index (χ1n) is 9.79. The highest BCUT2D eigenvalue weighted by Crippen LogP contribution is 2.24. The molecule has 0 bridgehead atoms. The Labute approximate surface area is 186 Å². The van der Waals surface area contributed by atoms with Crippen LogP contribution in [-0.4, -0.2) is 75.0 Å². The first-order valence-corrected chi connectivity index (χ1v) is 11.2. The molecule has 1 aliphatic heterocycles. The maximum atomic E-state index is 13.0. The first kappa shape index (κ1) is 23.9. The van der Waals surface area contributed by atoms with E-state index >= 15 is 0 Å². The summed E-state index contributed by atoms with van der Waals surface area (Å²) in [6.45, 7) is 2.35. The van der Waals surface area contributed by atoms with Gasteiger partial charge < -0.3 is 24.8 Å². The number of benzene rings is 2. The fourth-order valence-corrected chi connectivity index (χ4v) is 4.92. The monoisotopic (exact) mass is 462 g/mol. The standard InChI is InChI=1S/C20H23BN2O8S/c1-14-5-6-15(11-19(14)32(28,29)23-7-9-30-10-8-23)22-20(25)13-31-18-4-2-3-17(21(26)27)16(18)12-24/h2-6,11-12,26-27H,7-10,13H2,1H3,(H,22,25). The zero-order valence-corrected chi connectivity index (χ0v) is 18.2. The minimum Gasteiger partial charge on any atom is -0.483 e. The van der Waals surface area contributed by atoms with E-state index in [1.165, 1.54) is 28.6 Å². The lowest BCUT2D eigenvalue weighted by Gasteiger charge is -2.26. The summed E-state index contributed by atoms with van der Waals surface area (Å²) in [5.74, 6) is -0.574. The van der Waals surface area contributed by atoms with Crippen molar-refractivity contribution in [2.75, 3.05) is 38.2 Å². The van der Waals surface area contributed by atoms with Gasteiger partial charge in [-0.3, -0.25) is 9.59 Å². The van der Waals surface area contributed by atoms with Crippen molar-refractivity contribution in [2.24, 2.45) is 0 Å². The minimum atomic E-state index is -3.74. The average Bonchev–Trinajstić information content (AvgIpc) is 2.79. The average molecular weight is 462 g/mol. The normalized spacial score (nSPS) is 14.6. The number of anilines is 1. The van der Waals surface area contributed by atoms with Crippen LogP contribution in [0.3, 0.4) is 0 Å². The molecule has 32 heavy (non-hydrogen) atoms. The third-order valence-electron chi connectivity index (χ3n) is 4.91. The second-order valence-corrected chi connectivity index (χ2v) is 8.99. The predicted molar refractivity (Wildman–Crippen MR) is 117 cm³/mol. The Morgan fingerprint density at radius 1 is 1.25 bits per heavy atom. The Balaban J connectivity index is 1.72. The van der Waals surface area contributed by atoms with Crippen LogP contribution >= 0.6 is 0 Å². The summed E-state index contributed by atoms with van der Waals surface area (Å²) in [5.41, 5.74) is 0.686. The summed E-state index contributed by atoms with van der Waals surface area (Å²) in [7, 11) is -5.61. The number of nitrogens with one attached hydrogen (secondary N) is 1. The zero-order valence-electron chi connectivity index (χ0n) is 17.4. The van der Waals surface area contributed by atoms with Gasteiger partial charge in [0.25, 0.3) is 5.91 Å². The van der Waals surface area contributed by atoms with Crippen molar-refractivity contribution in [2.45, 2.75) is 11.8 Å². The van der Waals surface area contributed by atoms with Crippen molar-refractivity contribution in [3.63, 3.8) is 0 Å². The third kappa shape index (κ3) is 5.34. The van der Waals surface area contributed by atoms with Crippen LogP contribution in [-0.2, 0) is 19.6 Å². The van der Waals surface area contributed by atoms with Crippen molar-refractivity contribution >= 4 is 40.5 Å². The Morgan fingerprint density at radius 3 is 2.62 bits per heavy atom. The van der Waals surface area contributed by atoms with Gasteiger partial charge in [-0.05, 0) is 36.1 Å². The van der Waals surface area contributed by atoms with Gasteiger partial charge in [0.15, 0.2) is 12.9 Å². The van der Waals surface area contributed by atoms with Gasteiger partial charge >= 0.3 is 7.12 Å². The second-order valence-electron chi connectivity index (χ2n) is 7.08. The third-order valence-corrected chi connectivity index (χ3v) is 6.96. The molecule has 2 aromatic carbocycles. The number of aryl methyl sites for hydroxylation is 1. The van der Waals surface area contributed by atoms with Crippen LogP contribution < -0.4 is 15.5 Å². The molecule has 3 N–H and O–H groups in total. The number of sulfonamides is 1. The highest BCUT2D eigenvalue weighted by molar-refractivity contribution is 7.89. The largest absolute Gasteiger partial charge is 0.489 e. The van der Waals surface area contributed by atoms with Crippen LogP contribution in [0, 0.1) is 6.92 Å². The molecule has 2 aromatic rings. The molecule has 0 radical (unpaired) electrons. The number of hydrogen-bond acceptors (Lipinski definition) is 8. The zero-order chi connectivity index (χ0) is 23.3. The molecule has 170 valence electrons. The van der Waals surface area contributed by atoms with Crippen molar-refractivity contribution in [1.82, 2.24) is 4.31 Å². The van der Waals surface area contributed by atoms with E-state index in [0.717, 1.165) is 0 Å². The van der Waals surface area contributed by atoms with Crippen molar-refractivity contribution in [3.05, 3.63) is 47.5 Å². The van der Waals surface area contributed by atoms with E-state index < -0.39 is 29.7 Å². The van der Waals surface area contributed by atoms with E-state index in [9.17, 15) is 28.1 Å². The molecule has 1 aliphatic rings. The van der Waals surface area contributed by atoms with E-state index in [1.807, 2.05) is 0 Å². The Morgan fingerprint density at radius 2 is 1.97 bits per heavy atom. The van der Waals surface area contributed by atoms with Crippen molar-refractivity contribution < 1.29 is 37.5 Å². The Bertz CT molecular complexity index is 1100. The van der Waals surface area contributed by atoms with Crippen LogP contribution in [0.4, 0.5) is 5.69 Å². The number of morpholine rings is 1. The van der Waals surface area contributed by atoms with Crippen LogP contribution in [0.25, 0.3) is 0 Å². The van der Waals surface area contributed by atoms with Gasteiger partial charge in [0, 0.05) is 18.8 Å². The van der Waals surface area contributed by atoms with E-state index in [0.29, 0.717) is 25.1 Å². The van der Waals surface area contributed by atoms with E-state index in [4.69, 9.17) is 9.47 Å². The quantitative estimate of drug-likeness (QED) is 0.353. The number of amides is 1. The number of carbonyl (C=O) groups excluding carboxylic acids is 2. The fraction of sp³-hybridized carbons (Fsp3) is 0.300. The van der Waals surface area contributed by atoms with Gasteiger partial charge in [-0.25, -0.2) is 8.42 Å². The van der Waals surface area contributed by atoms with Gasteiger partial charge in [-0.2, -0.15) is 4.31 Å². The molecule has 0 aromatic heterocycles. The van der Waals surface area contributed by atoms with E-state index in [1.54, 1.807) is 19.1 Å². The second kappa shape index (κ2) is 10.2. The number of rotatable bonds is 8. The topological polar surface area (TPSA) is 142 Å². The molecule has 0 saturated carbocycles. The summed E-state index contributed by atoms with van der Waals surface area (Å²) >= 11 is 0. The van der Waals surface area contributed by atoms with Gasteiger partial charge in [-0.15, -0.1) is 0 Å². The highest BCUT2D eigenvalue weighted by Gasteiger charge is 2.28. The number of carbonyl (C=O) groups is 2. The summed E-state index contributed by atoms with van der Waals surface area (Å²) in [4.78, 5) is 23.8. The molecule has 12 heteroatoms. The lowest BCUT2D eigenvalue weighted by molar-refractivity contribution is -0.118. The number of ether oxygens (including phenoxy) is 2. The lowest BCUT2D eigenvalue weighted by Crippen LogP contribution is -2.40. The molecule has 1 heterocycles. The molecule has 3 rings (SSSR count). The van der Waals surface area contributed by atoms with Gasteiger partial charge in [0.2, 0.25) is 10.0 Å². The van der Waals surface area contributed by atoms with Crippen LogP contribution in [0.15, 0.2) is 41.3 Å². The molecule has 1 saturated heterocycles. The van der Waals surface area contributed by atoms with Crippen LogP contribution in [0.5, 0.6) is 5.75 Å². The lowest BCUT2D eigenvalue weighted by atomic mass is 9.77. The van der Waals surface area contributed by atoms with E-state index in [-0.39, 0.29) is 40.4 Å². The summed E-state index contributed by atoms with van der Waals surface area (Å²) < 4.78 is 37.9. The fourth-order valence-electron chi connectivity index (χ4n) is 3.26. The first-order chi connectivity index (χ1) is 15.2. The molecule has 0 spiro atoms. The van der Waals surface area contributed by atoms with Gasteiger partial charge in [0.05, 0.1) is 23.7 Å². The molecular weight excluding hydrogens is 439 g/mol. The van der Waals surface area contributed by atoms with Crippen LogP contribution in [0.1, 0.15) is 15.9 Å². The number of aldehydes is 1. The molecule has 0 aliphatic carbocycles.